The third-order valence-corrected chi connectivity index (χ3v) is 5.81. The Morgan fingerprint density at radius 2 is 1.72 bits per heavy atom. The lowest BCUT2D eigenvalue weighted by Crippen LogP contribution is -1.85. The number of fused-ring (bicyclic) bond motifs is 2. The van der Waals surface area contributed by atoms with Gasteiger partial charge in [-0.25, -0.2) is 4.39 Å². The number of rotatable bonds is 3. The number of H-pyrrole nitrogens is 2. The van der Waals surface area contributed by atoms with Crippen molar-refractivity contribution in [2.75, 3.05) is 0 Å². The molecule has 0 bridgehead atoms. The van der Waals surface area contributed by atoms with Gasteiger partial charge >= 0.3 is 0 Å². The molecular weight excluding hydrogens is 401 g/mol. The highest BCUT2D eigenvalue weighted by Crippen LogP contribution is 2.34. The van der Waals surface area contributed by atoms with E-state index in [1.807, 2.05) is 36.5 Å². The Balaban J connectivity index is 1.52. The van der Waals surface area contributed by atoms with E-state index in [0.717, 1.165) is 55.6 Å². The summed E-state index contributed by atoms with van der Waals surface area (Å²) < 4.78 is 13.8. The predicted octanol–water partition coefficient (Wildman–Crippen LogP) is 6.28. The van der Waals surface area contributed by atoms with Crippen molar-refractivity contribution in [2.24, 2.45) is 0 Å². The number of aromatic amines is 2. The van der Waals surface area contributed by atoms with Crippen LogP contribution in [0, 0.1) is 12.7 Å². The van der Waals surface area contributed by atoms with Crippen molar-refractivity contribution < 1.29 is 4.39 Å². The summed E-state index contributed by atoms with van der Waals surface area (Å²) in [5, 5.41) is 9.64. The zero-order chi connectivity index (χ0) is 21.7. The van der Waals surface area contributed by atoms with Crippen molar-refractivity contribution in [3.63, 3.8) is 0 Å². The Labute approximate surface area is 183 Å². The molecule has 0 aliphatic carbocycles. The van der Waals surface area contributed by atoms with Crippen LogP contribution in [0.15, 0.2) is 79.3 Å². The van der Waals surface area contributed by atoms with Crippen LogP contribution in [0.5, 0.6) is 0 Å². The zero-order valence-electron chi connectivity index (χ0n) is 17.2. The fraction of sp³-hybridized carbons (Fsp3) is 0.0385. The minimum absolute atomic E-state index is 0.284. The van der Waals surface area contributed by atoms with Crippen LogP contribution in [0.25, 0.3) is 55.6 Å². The van der Waals surface area contributed by atoms with Gasteiger partial charge in [0.2, 0.25) is 0 Å². The molecule has 154 valence electrons. The molecule has 4 heterocycles. The highest BCUT2D eigenvalue weighted by atomic mass is 19.1. The van der Waals surface area contributed by atoms with Gasteiger partial charge in [-0.15, -0.1) is 0 Å². The van der Waals surface area contributed by atoms with Crippen molar-refractivity contribution in [3.05, 3.63) is 90.6 Å². The standard InChI is InChI=1S/C26H18FN5/c1-15-7-9-28-14-21(15)16-5-6-23-19(12-16)26(32-31-23)24-13-20-22(30-24)8-10-29-25(20)17-3-2-4-18(27)11-17/h2-14,30H,1H3,(H,31,32). The molecule has 0 atom stereocenters. The molecule has 32 heavy (non-hydrogen) atoms. The lowest BCUT2D eigenvalue weighted by molar-refractivity contribution is 0.628. The van der Waals surface area contributed by atoms with Crippen LogP contribution < -0.4 is 0 Å². The van der Waals surface area contributed by atoms with Crippen molar-refractivity contribution in [3.8, 4) is 33.8 Å². The number of hydrogen-bond acceptors (Lipinski definition) is 3. The van der Waals surface area contributed by atoms with Gasteiger partial charge < -0.3 is 4.98 Å². The van der Waals surface area contributed by atoms with E-state index in [1.54, 1.807) is 18.5 Å². The van der Waals surface area contributed by atoms with E-state index < -0.39 is 0 Å². The first-order valence-electron chi connectivity index (χ1n) is 10.3. The van der Waals surface area contributed by atoms with E-state index in [1.165, 1.54) is 17.7 Å². The van der Waals surface area contributed by atoms with Crippen LogP contribution in [0.3, 0.4) is 0 Å². The van der Waals surface area contributed by atoms with E-state index in [9.17, 15) is 4.39 Å². The second kappa shape index (κ2) is 7.13. The van der Waals surface area contributed by atoms with Gasteiger partial charge in [0, 0.05) is 46.0 Å². The van der Waals surface area contributed by atoms with Crippen molar-refractivity contribution in [1.82, 2.24) is 25.1 Å². The third kappa shape index (κ3) is 2.96. The van der Waals surface area contributed by atoms with Gasteiger partial charge in [0.1, 0.15) is 11.5 Å². The maximum atomic E-state index is 13.8. The predicted molar refractivity (Wildman–Crippen MR) is 125 cm³/mol. The molecule has 0 aliphatic rings. The van der Waals surface area contributed by atoms with Crippen LogP contribution in [-0.2, 0) is 0 Å². The van der Waals surface area contributed by atoms with Crippen LogP contribution in [-0.4, -0.2) is 25.1 Å². The molecular formula is C26H18FN5. The van der Waals surface area contributed by atoms with E-state index in [4.69, 9.17) is 0 Å². The molecule has 6 aromatic rings. The van der Waals surface area contributed by atoms with Crippen LogP contribution in [0.1, 0.15) is 5.56 Å². The van der Waals surface area contributed by atoms with Gasteiger partial charge in [-0.1, -0.05) is 18.2 Å². The lowest BCUT2D eigenvalue weighted by atomic mass is 10.0. The highest BCUT2D eigenvalue weighted by Gasteiger charge is 2.15. The van der Waals surface area contributed by atoms with Crippen LogP contribution >= 0.6 is 0 Å². The molecule has 0 saturated carbocycles. The summed E-state index contributed by atoms with van der Waals surface area (Å²) in [6.07, 6.45) is 5.42. The summed E-state index contributed by atoms with van der Waals surface area (Å²) in [4.78, 5) is 12.3. The summed E-state index contributed by atoms with van der Waals surface area (Å²) in [5.41, 5.74) is 8.39. The summed E-state index contributed by atoms with van der Waals surface area (Å²) in [7, 11) is 0. The van der Waals surface area contributed by atoms with Crippen molar-refractivity contribution >= 4 is 21.8 Å². The topological polar surface area (TPSA) is 70.2 Å². The molecule has 6 rings (SSSR count). The average Bonchev–Trinajstić information content (AvgIpc) is 3.42. The molecule has 6 heteroatoms. The minimum Gasteiger partial charge on any atom is -0.353 e. The summed E-state index contributed by atoms with van der Waals surface area (Å²) in [6, 6.07) is 18.7. The SMILES string of the molecule is Cc1ccncc1-c1ccc2[nH]nc(-c3cc4c(-c5cccc(F)c5)nccc4[nH]3)c2c1. The van der Waals surface area contributed by atoms with Gasteiger partial charge in [0.15, 0.2) is 0 Å². The first kappa shape index (κ1) is 18.4. The largest absolute Gasteiger partial charge is 0.353 e. The second-order valence-corrected chi connectivity index (χ2v) is 7.84. The third-order valence-electron chi connectivity index (χ3n) is 5.81. The lowest BCUT2D eigenvalue weighted by Gasteiger charge is -2.05. The number of benzene rings is 2. The van der Waals surface area contributed by atoms with E-state index in [0.29, 0.717) is 0 Å². The summed E-state index contributed by atoms with van der Waals surface area (Å²) in [6.45, 7) is 2.08. The molecule has 2 aromatic carbocycles. The molecule has 0 spiro atoms. The molecule has 0 fully saturated rings. The van der Waals surface area contributed by atoms with Crippen molar-refractivity contribution in [2.45, 2.75) is 6.92 Å². The normalized spacial score (nSPS) is 11.4. The minimum atomic E-state index is -0.284. The van der Waals surface area contributed by atoms with E-state index >= 15 is 0 Å². The molecule has 0 unspecified atom stereocenters. The quantitative estimate of drug-likeness (QED) is 0.354. The Kier molecular flexibility index (Phi) is 4.11. The van der Waals surface area contributed by atoms with Gasteiger partial charge in [0.05, 0.1) is 16.9 Å². The van der Waals surface area contributed by atoms with Crippen LogP contribution in [0.2, 0.25) is 0 Å². The fourth-order valence-corrected chi connectivity index (χ4v) is 4.20. The average molecular weight is 419 g/mol. The Morgan fingerprint density at radius 1 is 0.812 bits per heavy atom. The maximum absolute atomic E-state index is 13.8. The number of halogens is 1. The summed E-state index contributed by atoms with van der Waals surface area (Å²) >= 11 is 0. The number of aryl methyl sites for hydroxylation is 1. The first-order valence-corrected chi connectivity index (χ1v) is 10.3. The molecule has 0 aliphatic heterocycles. The summed E-state index contributed by atoms with van der Waals surface area (Å²) in [5.74, 6) is -0.284. The molecule has 4 aromatic heterocycles. The first-order chi connectivity index (χ1) is 15.7. The Hall–Kier alpha value is -4.32. The fourth-order valence-electron chi connectivity index (χ4n) is 4.20. The van der Waals surface area contributed by atoms with Crippen molar-refractivity contribution in [1.29, 1.82) is 0 Å². The smallest absolute Gasteiger partial charge is 0.123 e. The molecule has 5 nitrogen and oxygen atoms in total. The van der Waals surface area contributed by atoms with Gasteiger partial charge in [-0.05, 0) is 60.5 Å². The number of nitrogens with zero attached hydrogens (tertiary/aromatic N) is 3. The molecule has 0 saturated heterocycles. The monoisotopic (exact) mass is 419 g/mol. The van der Waals surface area contributed by atoms with Gasteiger partial charge in [-0.3, -0.25) is 15.1 Å². The molecule has 0 radical (unpaired) electrons. The van der Waals surface area contributed by atoms with E-state index in [2.05, 4.69) is 44.2 Å². The zero-order valence-corrected chi connectivity index (χ0v) is 17.2. The number of hydrogen-bond donors (Lipinski definition) is 2. The van der Waals surface area contributed by atoms with Gasteiger partial charge in [0.25, 0.3) is 0 Å². The highest BCUT2D eigenvalue weighted by molar-refractivity contribution is 6.00. The number of nitrogens with one attached hydrogen (secondary N) is 2. The Morgan fingerprint density at radius 3 is 2.59 bits per heavy atom. The van der Waals surface area contributed by atoms with Crippen LogP contribution in [0.4, 0.5) is 4.39 Å². The Bertz CT molecular complexity index is 1610. The van der Waals surface area contributed by atoms with Gasteiger partial charge in [-0.2, -0.15) is 5.10 Å². The number of pyridine rings is 2. The molecule has 2 N–H and O–H groups in total. The second-order valence-electron chi connectivity index (χ2n) is 7.84. The van der Waals surface area contributed by atoms with E-state index in [-0.39, 0.29) is 5.82 Å². The maximum Gasteiger partial charge on any atom is 0.123 e. The number of aromatic nitrogens is 5. The molecule has 0 amide bonds.